The fourth-order valence-electron chi connectivity index (χ4n) is 1.84. The second-order valence-electron chi connectivity index (χ2n) is 4.07. The lowest BCUT2D eigenvalue weighted by Gasteiger charge is -2.05. The molecule has 7 nitrogen and oxygen atoms in total. The number of hydrogen-bond acceptors (Lipinski definition) is 4. The largest absolute Gasteiger partial charge is 0.397 e. The highest BCUT2D eigenvalue weighted by atomic mass is 79.9. The zero-order valence-electron chi connectivity index (χ0n) is 9.75. The van der Waals surface area contributed by atoms with Crippen LogP contribution in [-0.4, -0.2) is 19.9 Å². The maximum absolute atomic E-state index is 11.7. The number of nitrogens with one attached hydrogen (secondary N) is 3. The van der Waals surface area contributed by atoms with E-state index in [1.807, 2.05) is 0 Å². The fourth-order valence-corrected chi connectivity index (χ4v) is 3.07. The molecule has 0 amide bonds. The van der Waals surface area contributed by atoms with E-state index in [0.717, 1.165) is 4.47 Å². The average molecular weight is 401 g/mol. The first-order valence-electron chi connectivity index (χ1n) is 5.43. The Labute approximate surface area is 127 Å². The Morgan fingerprint density at radius 2 is 1.85 bits per heavy atom. The molecule has 20 heavy (non-hydrogen) atoms. The molecule has 0 aliphatic carbocycles. The minimum Gasteiger partial charge on any atom is -0.397 e. The van der Waals surface area contributed by atoms with E-state index in [9.17, 15) is 9.59 Å². The molecule has 0 bridgehead atoms. The number of hydrogen-bond donors (Lipinski definition) is 4. The van der Waals surface area contributed by atoms with E-state index in [-0.39, 0.29) is 11.2 Å². The second kappa shape index (κ2) is 4.60. The summed E-state index contributed by atoms with van der Waals surface area (Å²) in [6.07, 6.45) is 0. The number of nitrogens with two attached hydrogens (primary N) is 1. The summed E-state index contributed by atoms with van der Waals surface area (Å²) in [6, 6.07) is 3.57. The third kappa shape index (κ3) is 2.08. The third-order valence-electron chi connectivity index (χ3n) is 2.74. The molecule has 2 heterocycles. The Hall–Kier alpha value is -1.87. The van der Waals surface area contributed by atoms with Crippen molar-refractivity contribution in [3.05, 3.63) is 41.9 Å². The minimum atomic E-state index is -0.607. The second-order valence-corrected chi connectivity index (χ2v) is 5.84. The molecule has 2 aromatic heterocycles. The van der Waals surface area contributed by atoms with Crippen LogP contribution >= 0.6 is 31.9 Å². The van der Waals surface area contributed by atoms with Gasteiger partial charge in [0.15, 0.2) is 5.65 Å². The molecule has 102 valence electrons. The van der Waals surface area contributed by atoms with Crippen LogP contribution in [0.15, 0.2) is 30.7 Å². The van der Waals surface area contributed by atoms with Crippen molar-refractivity contribution in [2.24, 2.45) is 0 Å². The molecule has 0 spiro atoms. The number of rotatable bonds is 1. The summed E-state index contributed by atoms with van der Waals surface area (Å²) in [7, 11) is 0. The molecule has 3 rings (SSSR count). The number of fused-ring (bicyclic) bond motifs is 1. The van der Waals surface area contributed by atoms with Gasteiger partial charge in [0, 0.05) is 14.5 Å². The van der Waals surface area contributed by atoms with E-state index < -0.39 is 11.2 Å². The molecule has 0 aliphatic rings. The molecule has 9 heteroatoms. The molecule has 5 N–H and O–H groups in total. The van der Waals surface area contributed by atoms with Crippen LogP contribution in [-0.2, 0) is 0 Å². The van der Waals surface area contributed by atoms with E-state index in [4.69, 9.17) is 5.73 Å². The van der Waals surface area contributed by atoms with Crippen LogP contribution in [0, 0.1) is 0 Å². The highest BCUT2D eigenvalue weighted by Crippen LogP contribution is 2.34. The van der Waals surface area contributed by atoms with Crippen LogP contribution in [0.4, 0.5) is 5.69 Å². The van der Waals surface area contributed by atoms with Crippen LogP contribution in [0.2, 0.25) is 0 Å². The van der Waals surface area contributed by atoms with E-state index in [0.29, 0.717) is 21.5 Å². The molecular weight excluding hydrogens is 394 g/mol. The van der Waals surface area contributed by atoms with Crippen molar-refractivity contribution in [1.82, 2.24) is 19.9 Å². The van der Waals surface area contributed by atoms with Crippen LogP contribution in [0.3, 0.4) is 0 Å². The summed E-state index contributed by atoms with van der Waals surface area (Å²) in [5, 5.41) is 0. The molecule has 1 aromatic carbocycles. The highest BCUT2D eigenvalue weighted by Gasteiger charge is 2.14. The van der Waals surface area contributed by atoms with E-state index >= 15 is 0 Å². The summed E-state index contributed by atoms with van der Waals surface area (Å²) in [5.74, 6) is 0.395. The maximum atomic E-state index is 11.7. The Morgan fingerprint density at radius 1 is 1.10 bits per heavy atom. The SMILES string of the molecule is Nc1c(Br)cc(Br)cc1-c1nc2[nH]c(=O)[nH]c(=O)c2[nH]1. The van der Waals surface area contributed by atoms with E-state index in [1.165, 1.54) is 0 Å². The number of anilines is 1. The van der Waals surface area contributed by atoms with Gasteiger partial charge in [-0.05, 0) is 28.1 Å². The van der Waals surface area contributed by atoms with Crippen molar-refractivity contribution in [3.63, 3.8) is 0 Å². The molecule has 0 atom stereocenters. The molecule has 0 saturated heterocycles. The Bertz CT molecular complexity index is 940. The zero-order chi connectivity index (χ0) is 14.4. The molecule has 0 aliphatic heterocycles. The minimum absolute atomic E-state index is 0.184. The van der Waals surface area contributed by atoms with Gasteiger partial charge in [-0.3, -0.25) is 14.8 Å². The third-order valence-corrected chi connectivity index (χ3v) is 3.85. The van der Waals surface area contributed by atoms with Gasteiger partial charge in [0.25, 0.3) is 5.56 Å². The number of benzene rings is 1. The monoisotopic (exact) mass is 399 g/mol. The van der Waals surface area contributed by atoms with E-state index in [1.54, 1.807) is 12.1 Å². The fraction of sp³-hybridized carbons (Fsp3) is 0. The summed E-state index contributed by atoms with van der Waals surface area (Å²) in [5.41, 5.74) is 6.31. The number of aromatic amines is 3. The number of nitrogen functional groups attached to an aromatic ring is 1. The first kappa shape index (κ1) is 13.1. The van der Waals surface area contributed by atoms with Gasteiger partial charge in [-0.25, -0.2) is 9.78 Å². The predicted octanol–water partition coefficient (Wildman–Crippen LogP) is 1.71. The molecule has 0 fully saturated rings. The molecule has 0 saturated carbocycles. The van der Waals surface area contributed by atoms with Gasteiger partial charge in [0.05, 0.1) is 5.69 Å². The molecule has 3 aromatic rings. The number of halogens is 2. The summed E-state index contributed by atoms with van der Waals surface area (Å²) in [4.78, 5) is 34.5. The Balaban J connectivity index is 2.34. The van der Waals surface area contributed by atoms with Crippen LogP contribution in [0.1, 0.15) is 0 Å². The van der Waals surface area contributed by atoms with Crippen LogP contribution in [0.5, 0.6) is 0 Å². The van der Waals surface area contributed by atoms with Crippen molar-refractivity contribution in [1.29, 1.82) is 0 Å². The normalized spacial score (nSPS) is 11.1. The smallest absolute Gasteiger partial charge is 0.327 e. The summed E-state index contributed by atoms with van der Waals surface area (Å²) in [6.45, 7) is 0. The number of imidazole rings is 1. The first-order valence-corrected chi connectivity index (χ1v) is 7.01. The van der Waals surface area contributed by atoms with Crippen molar-refractivity contribution in [3.8, 4) is 11.4 Å². The van der Waals surface area contributed by atoms with E-state index in [2.05, 4.69) is 51.8 Å². The highest BCUT2D eigenvalue weighted by molar-refractivity contribution is 9.11. The van der Waals surface area contributed by atoms with Gasteiger partial charge in [0.1, 0.15) is 11.3 Å². The predicted molar refractivity (Wildman–Crippen MR) is 82.6 cm³/mol. The average Bonchev–Trinajstić information content (AvgIpc) is 2.77. The standard InChI is InChI=1S/C11H7Br2N5O2/c12-3-1-4(6(14)5(13)2-3)8-15-7-9(16-8)17-11(20)18-10(7)19/h1-2H,14H2,(H3,15,16,17,18,19,20). The van der Waals surface area contributed by atoms with Gasteiger partial charge in [-0.2, -0.15) is 0 Å². The van der Waals surface area contributed by atoms with Crippen molar-refractivity contribution < 1.29 is 0 Å². The topological polar surface area (TPSA) is 120 Å². The van der Waals surface area contributed by atoms with Gasteiger partial charge in [-0.15, -0.1) is 0 Å². The van der Waals surface area contributed by atoms with Crippen LogP contribution < -0.4 is 17.0 Å². The zero-order valence-corrected chi connectivity index (χ0v) is 12.9. The number of nitrogens with zero attached hydrogens (tertiary/aromatic N) is 1. The molecule has 0 radical (unpaired) electrons. The van der Waals surface area contributed by atoms with Gasteiger partial charge < -0.3 is 10.7 Å². The summed E-state index contributed by atoms with van der Waals surface area (Å²) < 4.78 is 1.50. The first-order chi connectivity index (χ1) is 9.45. The lowest BCUT2D eigenvalue weighted by atomic mass is 10.2. The molecular formula is C11H7Br2N5O2. The summed E-state index contributed by atoms with van der Waals surface area (Å²) >= 11 is 6.70. The Morgan fingerprint density at radius 3 is 2.60 bits per heavy atom. The maximum Gasteiger partial charge on any atom is 0.327 e. The van der Waals surface area contributed by atoms with Gasteiger partial charge in [-0.1, -0.05) is 15.9 Å². The van der Waals surface area contributed by atoms with Crippen molar-refractivity contribution in [2.45, 2.75) is 0 Å². The van der Waals surface area contributed by atoms with Crippen molar-refractivity contribution in [2.75, 3.05) is 5.73 Å². The number of H-pyrrole nitrogens is 3. The quantitative estimate of drug-likeness (QED) is 0.464. The number of aromatic nitrogens is 4. The lowest BCUT2D eigenvalue weighted by Crippen LogP contribution is -2.21. The molecule has 0 unspecified atom stereocenters. The Kier molecular flexibility index (Phi) is 3.02. The van der Waals surface area contributed by atoms with Gasteiger partial charge in [0.2, 0.25) is 0 Å². The van der Waals surface area contributed by atoms with Crippen molar-refractivity contribution >= 4 is 48.7 Å². The van der Waals surface area contributed by atoms with Gasteiger partial charge >= 0.3 is 5.69 Å². The lowest BCUT2D eigenvalue weighted by molar-refractivity contribution is 1.07. The van der Waals surface area contributed by atoms with Crippen LogP contribution in [0.25, 0.3) is 22.6 Å².